The van der Waals surface area contributed by atoms with Crippen LogP contribution in [0.15, 0.2) is 23.7 Å². The van der Waals surface area contributed by atoms with Gasteiger partial charge in [0.25, 0.3) is 0 Å². The van der Waals surface area contributed by atoms with Crippen molar-refractivity contribution in [2.45, 2.75) is 13.0 Å². The van der Waals surface area contributed by atoms with Gasteiger partial charge in [0, 0.05) is 24.7 Å². The third-order valence-corrected chi connectivity index (χ3v) is 3.34. The van der Waals surface area contributed by atoms with Crippen LogP contribution < -0.4 is 5.32 Å². The van der Waals surface area contributed by atoms with Crippen molar-refractivity contribution < 1.29 is 5.11 Å². The lowest BCUT2D eigenvalue weighted by Gasteiger charge is -2.10. The zero-order valence-corrected chi connectivity index (χ0v) is 10.2. The Kier molecular flexibility index (Phi) is 3.26. The normalized spacial score (nSPS) is 12.7. The Morgan fingerprint density at radius 3 is 3.00 bits per heavy atom. The van der Waals surface area contributed by atoms with Crippen LogP contribution in [-0.2, 0) is 7.05 Å². The number of aryl methyl sites for hydroxylation is 2. The minimum Gasteiger partial charge on any atom is -0.386 e. The van der Waals surface area contributed by atoms with Gasteiger partial charge in [0.15, 0.2) is 0 Å². The number of nitrogens with zero attached hydrogens (tertiary/aromatic N) is 2. The van der Waals surface area contributed by atoms with Gasteiger partial charge in [0.05, 0.1) is 11.4 Å². The number of aromatic nitrogens is 2. The maximum atomic E-state index is 9.89. The summed E-state index contributed by atoms with van der Waals surface area (Å²) in [6.45, 7) is 2.45. The summed E-state index contributed by atoms with van der Waals surface area (Å²) >= 11 is 1.56. The summed E-state index contributed by atoms with van der Waals surface area (Å²) in [6.07, 6.45) is 1.45. The molecule has 0 saturated heterocycles. The largest absolute Gasteiger partial charge is 0.386 e. The fraction of sp³-hybridized carbons (Fsp3) is 0.364. The van der Waals surface area contributed by atoms with Gasteiger partial charge >= 0.3 is 0 Å². The lowest BCUT2D eigenvalue weighted by atomic mass is 10.3. The number of anilines is 1. The highest BCUT2D eigenvalue weighted by atomic mass is 32.1. The smallest absolute Gasteiger partial charge is 0.105 e. The maximum absolute atomic E-state index is 9.89. The van der Waals surface area contributed by atoms with E-state index in [9.17, 15) is 5.11 Å². The number of nitrogens with one attached hydrogen (secondary N) is 1. The van der Waals surface area contributed by atoms with Crippen LogP contribution in [0.2, 0.25) is 0 Å². The second kappa shape index (κ2) is 4.67. The van der Waals surface area contributed by atoms with Crippen molar-refractivity contribution >= 4 is 17.0 Å². The molecule has 1 unspecified atom stereocenters. The van der Waals surface area contributed by atoms with E-state index in [-0.39, 0.29) is 0 Å². The Labute approximate surface area is 98.5 Å². The van der Waals surface area contributed by atoms with E-state index in [0.717, 1.165) is 16.3 Å². The minimum absolute atomic E-state index is 0.459. The number of rotatable bonds is 4. The van der Waals surface area contributed by atoms with E-state index in [1.54, 1.807) is 16.0 Å². The minimum atomic E-state index is -0.459. The van der Waals surface area contributed by atoms with Crippen LogP contribution in [0.25, 0.3) is 0 Å². The predicted octanol–water partition coefficient (Wildman–Crippen LogP) is 1.94. The third-order valence-electron chi connectivity index (χ3n) is 2.37. The standard InChI is InChI=1S/C11H15N3OS/c1-8-9(7-14(2)13-8)12-6-10(15)11-4-3-5-16-11/h3-5,7,10,12,15H,6H2,1-2H3. The van der Waals surface area contributed by atoms with E-state index in [1.807, 2.05) is 37.7 Å². The molecule has 0 aliphatic carbocycles. The summed E-state index contributed by atoms with van der Waals surface area (Å²) < 4.78 is 1.76. The Hall–Kier alpha value is -1.33. The first-order chi connectivity index (χ1) is 7.66. The van der Waals surface area contributed by atoms with Gasteiger partial charge in [-0.15, -0.1) is 11.3 Å². The van der Waals surface area contributed by atoms with Gasteiger partial charge in [-0.1, -0.05) is 6.07 Å². The molecule has 86 valence electrons. The molecule has 0 fully saturated rings. The highest BCUT2D eigenvalue weighted by molar-refractivity contribution is 7.10. The fourth-order valence-electron chi connectivity index (χ4n) is 1.56. The van der Waals surface area contributed by atoms with Crippen LogP contribution in [0, 0.1) is 6.92 Å². The average Bonchev–Trinajstić information content (AvgIpc) is 2.84. The number of aliphatic hydroxyl groups excluding tert-OH is 1. The summed E-state index contributed by atoms with van der Waals surface area (Å²) in [5, 5.41) is 19.3. The van der Waals surface area contributed by atoms with Gasteiger partial charge < -0.3 is 10.4 Å². The fourth-order valence-corrected chi connectivity index (χ4v) is 2.27. The monoisotopic (exact) mass is 237 g/mol. The summed E-state index contributed by atoms with van der Waals surface area (Å²) in [4.78, 5) is 0.981. The van der Waals surface area contributed by atoms with Crippen molar-refractivity contribution in [3.8, 4) is 0 Å². The zero-order chi connectivity index (χ0) is 11.5. The van der Waals surface area contributed by atoms with Gasteiger partial charge in [0.1, 0.15) is 6.10 Å². The van der Waals surface area contributed by atoms with E-state index in [2.05, 4.69) is 10.4 Å². The van der Waals surface area contributed by atoms with Crippen LogP contribution >= 0.6 is 11.3 Å². The number of hydrogen-bond acceptors (Lipinski definition) is 4. The van der Waals surface area contributed by atoms with Crippen molar-refractivity contribution in [3.63, 3.8) is 0 Å². The Bertz CT molecular complexity index is 450. The average molecular weight is 237 g/mol. The van der Waals surface area contributed by atoms with Crippen molar-refractivity contribution in [3.05, 3.63) is 34.3 Å². The van der Waals surface area contributed by atoms with Gasteiger partial charge in [-0.2, -0.15) is 5.10 Å². The molecule has 0 aromatic carbocycles. The van der Waals surface area contributed by atoms with Crippen molar-refractivity contribution in [1.29, 1.82) is 0 Å². The molecule has 0 bridgehead atoms. The molecule has 2 aromatic rings. The first kappa shape index (κ1) is 11.2. The van der Waals surface area contributed by atoms with Gasteiger partial charge in [-0.05, 0) is 18.4 Å². The molecule has 0 aliphatic rings. The second-order valence-corrected chi connectivity index (χ2v) is 4.69. The highest BCUT2D eigenvalue weighted by Gasteiger charge is 2.09. The van der Waals surface area contributed by atoms with Crippen molar-refractivity contribution in [2.24, 2.45) is 7.05 Å². The number of hydrogen-bond donors (Lipinski definition) is 2. The van der Waals surface area contributed by atoms with E-state index in [4.69, 9.17) is 0 Å². The molecule has 0 amide bonds. The summed E-state index contributed by atoms with van der Waals surface area (Å²) in [5.74, 6) is 0. The van der Waals surface area contributed by atoms with Crippen molar-refractivity contribution in [1.82, 2.24) is 9.78 Å². The molecule has 2 heterocycles. The maximum Gasteiger partial charge on any atom is 0.105 e. The Morgan fingerprint density at radius 1 is 1.62 bits per heavy atom. The third kappa shape index (κ3) is 2.43. The Balaban J connectivity index is 1.95. The van der Waals surface area contributed by atoms with Gasteiger partial charge in [0.2, 0.25) is 0 Å². The highest BCUT2D eigenvalue weighted by Crippen LogP contribution is 2.20. The van der Waals surface area contributed by atoms with Crippen LogP contribution in [0.5, 0.6) is 0 Å². The van der Waals surface area contributed by atoms with Crippen LogP contribution in [-0.4, -0.2) is 21.4 Å². The predicted molar refractivity (Wildman–Crippen MR) is 65.7 cm³/mol. The number of thiophene rings is 1. The lowest BCUT2D eigenvalue weighted by Crippen LogP contribution is -2.11. The summed E-state index contributed by atoms with van der Waals surface area (Å²) in [5.41, 5.74) is 1.92. The van der Waals surface area contributed by atoms with E-state index >= 15 is 0 Å². The molecule has 5 heteroatoms. The van der Waals surface area contributed by atoms with Crippen LogP contribution in [0.3, 0.4) is 0 Å². The van der Waals surface area contributed by atoms with Crippen LogP contribution in [0.1, 0.15) is 16.7 Å². The molecule has 2 rings (SSSR count). The molecular formula is C11H15N3OS. The van der Waals surface area contributed by atoms with Crippen LogP contribution in [0.4, 0.5) is 5.69 Å². The molecular weight excluding hydrogens is 222 g/mol. The number of aliphatic hydroxyl groups is 1. The first-order valence-electron chi connectivity index (χ1n) is 5.12. The molecule has 0 aliphatic heterocycles. The van der Waals surface area contributed by atoms with Gasteiger partial charge in [-0.25, -0.2) is 0 Å². The Morgan fingerprint density at radius 2 is 2.44 bits per heavy atom. The molecule has 2 N–H and O–H groups in total. The molecule has 0 saturated carbocycles. The SMILES string of the molecule is Cc1nn(C)cc1NCC(O)c1cccs1. The topological polar surface area (TPSA) is 50.1 Å². The first-order valence-corrected chi connectivity index (χ1v) is 6.00. The molecule has 0 radical (unpaired) electrons. The lowest BCUT2D eigenvalue weighted by molar-refractivity contribution is 0.195. The van der Waals surface area contributed by atoms with E-state index in [1.165, 1.54) is 0 Å². The summed E-state index contributed by atoms with van der Waals surface area (Å²) in [7, 11) is 1.88. The zero-order valence-electron chi connectivity index (χ0n) is 9.34. The van der Waals surface area contributed by atoms with E-state index < -0.39 is 6.10 Å². The molecule has 4 nitrogen and oxygen atoms in total. The van der Waals surface area contributed by atoms with Gasteiger partial charge in [-0.3, -0.25) is 4.68 Å². The second-order valence-electron chi connectivity index (χ2n) is 3.71. The molecule has 16 heavy (non-hydrogen) atoms. The van der Waals surface area contributed by atoms with E-state index in [0.29, 0.717) is 6.54 Å². The molecule has 0 spiro atoms. The van der Waals surface area contributed by atoms with Crippen molar-refractivity contribution in [2.75, 3.05) is 11.9 Å². The quantitative estimate of drug-likeness (QED) is 0.854. The molecule has 1 atom stereocenters. The molecule has 2 aromatic heterocycles. The summed E-state index contributed by atoms with van der Waals surface area (Å²) in [6, 6.07) is 3.88.